The fraction of sp³-hybridized carbons (Fsp3) is 0.100. The van der Waals surface area contributed by atoms with Crippen LogP contribution in [-0.2, 0) is 0 Å². The van der Waals surface area contributed by atoms with Crippen LogP contribution in [-0.4, -0.2) is 14.3 Å². The Bertz CT molecular complexity index is 542. The Balaban J connectivity index is 2.57. The minimum absolute atomic E-state index is 0.103. The lowest BCUT2D eigenvalue weighted by molar-refractivity contribution is -0.422. The van der Waals surface area contributed by atoms with Gasteiger partial charge in [-0.15, -0.1) is 0 Å². The summed E-state index contributed by atoms with van der Waals surface area (Å²) in [6.45, 7) is 1.46. The Morgan fingerprint density at radius 1 is 1.60 bits per heavy atom. The molecule has 0 aliphatic carbocycles. The van der Waals surface area contributed by atoms with Crippen molar-refractivity contribution in [2.45, 2.75) is 6.92 Å². The molecule has 0 unspecified atom stereocenters. The molecule has 5 heteroatoms. The van der Waals surface area contributed by atoms with Gasteiger partial charge >= 0.3 is 0 Å². The molecule has 0 radical (unpaired) electrons. The molecule has 5 nitrogen and oxygen atoms in total. The number of pyridine rings is 1. The minimum Gasteiger partial charge on any atom is -0.307 e. The molecule has 0 amide bonds. The molecule has 0 spiro atoms. The van der Waals surface area contributed by atoms with Crippen molar-refractivity contribution < 1.29 is 4.92 Å². The first kappa shape index (κ1) is 9.39. The van der Waals surface area contributed by atoms with E-state index >= 15 is 0 Å². The zero-order valence-corrected chi connectivity index (χ0v) is 8.12. The fourth-order valence-corrected chi connectivity index (χ4v) is 1.36. The smallest absolute Gasteiger partial charge is 0.243 e. The Morgan fingerprint density at radius 2 is 2.40 bits per heavy atom. The topological polar surface area (TPSA) is 60.4 Å². The van der Waals surface area contributed by atoms with Crippen LogP contribution in [0.2, 0.25) is 0 Å². The number of nitro groups is 1. The molecule has 0 atom stereocenters. The van der Waals surface area contributed by atoms with E-state index in [-0.39, 0.29) is 5.70 Å². The van der Waals surface area contributed by atoms with E-state index in [0.29, 0.717) is 0 Å². The normalized spacial score (nSPS) is 11.9. The van der Waals surface area contributed by atoms with Gasteiger partial charge in [0.25, 0.3) is 0 Å². The lowest BCUT2D eigenvalue weighted by atomic mass is 10.2. The summed E-state index contributed by atoms with van der Waals surface area (Å²) in [5, 5.41) is 10.5. The lowest BCUT2D eigenvalue weighted by Crippen LogP contribution is -1.94. The molecule has 2 rings (SSSR count). The number of hydrogen-bond acceptors (Lipinski definition) is 3. The fourth-order valence-electron chi connectivity index (χ4n) is 1.36. The van der Waals surface area contributed by atoms with Crippen LogP contribution in [0.25, 0.3) is 11.7 Å². The van der Waals surface area contributed by atoms with Crippen molar-refractivity contribution in [3.63, 3.8) is 0 Å². The number of aromatic nitrogens is 2. The zero-order valence-electron chi connectivity index (χ0n) is 8.12. The van der Waals surface area contributed by atoms with Crippen LogP contribution in [0.15, 0.2) is 36.4 Å². The molecule has 0 bridgehead atoms. The van der Waals surface area contributed by atoms with Crippen molar-refractivity contribution >= 4 is 11.7 Å². The van der Waals surface area contributed by atoms with Gasteiger partial charge in [-0.1, -0.05) is 0 Å². The number of hydrogen-bond donors (Lipinski definition) is 0. The quantitative estimate of drug-likeness (QED) is 0.553. The molecule has 15 heavy (non-hydrogen) atoms. The maximum Gasteiger partial charge on any atom is 0.243 e. The summed E-state index contributed by atoms with van der Waals surface area (Å²) in [5.74, 6) is 0. The molecule has 0 saturated heterocycles. The highest BCUT2D eigenvalue weighted by molar-refractivity contribution is 5.65. The van der Waals surface area contributed by atoms with Crippen molar-refractivity contribution in [2.24, 2.45) is 0 Å². The van der Waals surface area contributed by atoms with Gasteiger partial charge in [-0.3, -0.25) is 10.1 Å². The largest absolute Gasteiger partial charge is 0.307 e. The third-order valence-corrected chi connectivity index (χ3v) is 2.10. The van der Waals surface area contributed by atoms with Crippen molar-refractivity contribution in [1.29, 1.82) is 0 Å². The number of allylic oxidation sites excluding steroid dienone is 1. The highest BCUT2D eigenvalue weighted by Gasteiger charge is 2.05. The molecule has 0 N–H and O–H groups in total. The summed E-state index contributed by atoms with van der Waals surface area (Å²) in [4.78, 5) is 14.2. The second-order valence-corrected chi connectivity index (χ2v) is 3.16. The van der Waals surface area contributed by atoms with Gasteiger partial charge in [0.2, 0.25) is 5.70 Å². The Hall–Kier alpha value is -2.17. The summed E-state index contributed by atoms with van der Waals surface area (Å²) < 4.78 is 1.82. The Labute approximate surface area is 85.8 Å². The zero-order chi connectivity index (χ0) is 10.8. The molecule has 76 valence electrons. The summed E-state index contributed by atoms with van der Waals surface area (Å²) in [6, 6.07) is 3.63. The van der Waals surface area contributed by atoms with Crippen LogP contribution in [0.3, 0.4) is 0 Å². The predicted octanol–water partition coefficient (Wildman–Crippen LogP) is 1.97. The highest BCUT2D eigenvalue weighted by atomic mass is 16.6. The maximum absolute atomic E-state index is 10.5. The molecule has 2 aromatic heterocycles. The molecule has 0 fully saturated rings. The molecule has 0 saturated carbocycles. The standard InChI is InChI=1S/C10H9N3O2/c1-8(13(14)15)7-9-3-2-5-12-6-4-11-10(9)12/h2-7H,1H3. The van der Waals surface area contributed by atoms with E-state index in [4.69, 9.17) is 0 Å². The van der Waals surface area contributed by atoms with Crippen LogP contribution < -0.4 is 0 Å². The van der Waals surface area contributed by atoms with Crippen LogP contribution in [0.1, 0.15) is 12.5 Å². The van der Waals surface area contributed by atoms with Crippen LogP contribution >= 0.6 is 0 Å². The van der Waals surface area contributed by atoms with E-state index in [9.17, 15) is 10.1 Å². The maximum atomic E-state index is 10.5. The average Bonchev–Trinajstić information content (AvgIpc) is 2.66. The number of nitrogens with zero attached hydrogens (tertiary/aromatic N) is 3. The average molecular weight is 203 g/mol. The van der Waals surface area contributed by atoms with Gasteiger partial charge in [0.05, 0.1) is 4.92 Å². The Morgan fingerprint density at radius 3 is 3.13 bits per heavy atom. The van der Waals surface area contributed by atoms with Crippen LogP contribution in [0.4, 0.5) is 0 Å². The van der Waals surface area contributed by atoms with Gasteiger partial charge in [0, 0.05) is 37.2 Å². The summed E-state index contributed by atoms with van der Waals surface area (Å²) in [7, 11) is 0. The molecule has 0 aliphatic rings. The highest BCUT2D eigenvalue weighted by Crippen LogP contribution is 2.12. The second-order valence-electron chi connectivity index (χ2n) is 3.16. The molecule has 0 aromatic carbocycles. The SMILES string of the molecule is CC(=Cc1cccn2ccnc12)[N+](=O)[O-]. The molecular weight excluding hydrogens is 194 g/mol. The first-order chi connectivity index (χ1) is 7.18. The predicted molar refractivity (Wildman–Crippen MR) is 55.8 cm³/mol. The monoisotopic (exact) mass is 203 g/mol. The number of imidazole rings is 1. The van der Waals surface area contributed by atoms with E-state index in [1.165, 1.54) is 13.0 Å². The lowest BCUT2D eigenvalue weighted by Gasteiger charge is -1.97. The van der Waals surface area contributed by atoms with E-state index in [2.05, 4.69) is 4.98 Å². The number of rotatable bonds is 2. The molecule has 2 heterocycles. The van der Waals surface area contributed by atoms with Crippen molar-refractivity contribution in [1.82, 2.24) is 9.38 Å². The van der Waals surface area contributed by atoms with Crippen molar-refractivity contribution in [3.05, 3.63) is 52.1 Å². The van der Waals surface area contributed by atoms with E-state index in [1.54, 1.807) is 18.5 Å². The van der Waals surface area contributed by atoms with E-state index in [1.807, 2.05) is 16.7 Å². The van der Waals surface area contributed by atoms with Gasteiger partial charge in [0.15, 0.2) is 0 Å². The van der Waals surface area contributed by atoms with Crippen molar-refractivity contribution in [2.75, 3.05) is 0 Å². The van der Waals surface area contributed by atoms with Gasteiger partial charge in [-0.25, -0.2) is 4.98 Å². The summed E-state index contributed by atoms with van der Waals surface area (Å²) in [5.41, 5.74) is 1.57. The minimum atomic E-state index is -0.410. The van der Waals surface area contributed by atoms with E-state index < -0.39 is 4.92 Å². The second kappa shape index (κ2) is 3.53. The third-order valence-electron chi connectivity index (χ3n) is 2.10. The molecule has 0 aliphatic heterocycles. The molecule has 2 aromatic rings. The van der Waals surface area contributed by atoms with E-state index in [0.717, 1.165) is 11.2 Å². The van der Waals surface area contributed by atoms with Gasteiger partial charge in [0.1, 0.15) is 5.65 Å². The number of fused-ring (bicyclic) bond motifs is 1. The first-order valence-electron chi connectivity index (χ1n) is 4.43. The van der Waals surface area contributed by atoms with Crippen molar-refractivity contribution in [3.8, 4) is 0 Å². The summed E-state index contributed by atoms with van der Waals surface area (Å²) >= 11 is 0. The first-order valence-corrected chi connectivity index (χ1v) is 4.43. The van der Waals surface area contributed by atoms with Gasteiger partial charge < -0.3 is 4.40 Å². The summed E-state index contributed by atoms with van der Waals surface area (Å²) in [6.07, 6.45) is 6.83. The third kappa shape index (κ3) is 1.71. The Kier molecular flexibility index (Phi) is 2.21. The van der Waals surface area contributed by atoms with Gasteiger partial charge in [-0.2, -0.15) is 0 Å². The molecular formula is C10H9N3O2. The van der Waals surface area contributed by atoms with Gasteiger partial charge in [-0.05, 0) is 12.1 Å². The van der Waals surface area contributed by atoms with Crippen LogP contribution in [0, 0.1) is 10.1 Å². The van der Waals surface area contributed by atoms with Crippen LogP contribution in [0.5, 0.6) is 0 Å².